The van der Waals surface area contributed by atoms with Crippen LogP contribution in [0.5, 0.6) is 0 Å². The zero-order chi connectivity index (χ0) is 15.8. The predicted molar refractivity (Wildman–Crippen MR) is 80.0 cm³/mol. The summed E-state index contributed by atoms with van der Waals surface area (Å²) in [5.74, 6) is -1.04. The van der Waals surface area contributed by atoms with Gasteiger partial charge in [0.1, 0.15) is 12.3 Å². The summed E-state index contributed by atoms with van der Waals surface area (Å²) in [4.78, 5) is 26.6. The Hall–Kier alpha value is -0.220. The number of hydrogen-bond donors (Lipinski definition) is 3. The van der Waals surface area contributed by atoms with E-state index in [2.05, 4.69) is 6.08 Å². The number of ether oxygens (including phenoxy) is 1. The van der Waals surface area contributed by atoms with Crippen LogP contribution in [-0.4, -0.2) is 33.5 Å². The van der Waals surface area contributed by atoms with Crippen molar-refractivity contribution in [2.45, 2.75) is 33.6 Å². The highest BCUT2D eigenvalue weighted by Gasteiger charge is 2.29. The fourth-order valence-electron chi connectivity index (χ4n) is 1.42. The molecule has 0 aliphatic heterocycles. The number of rotatable bonds is 9. The van der Waals surface area contributed by atoms with E-state index >= 15 is 0 Å². The van der Waals surface area contributed by atoms with Crippen molar-refractivity contribution in [1.82, 2.24) is 0 Å². The molecule has 0 bridgehead atoms. The molecule has 3 N–H and O–H groups in total. The Morgan fingerprint density at radius 2 is 1.70 bits per heavy atom. The second-order valence-corrected chi connectivity index (χ2v) is 9.43. The van der Waals surface area contributed by atoms with E-state index in [1.54, 1.807) is 6.08 Å². The summed E-state index contributed by atoms with van der Waals surface area (Å²) in [7, 11) is -8.43. The molecule has 0 aromatic rings. The van der Waals surface area contributed by atoms with Crippen molar-refractivity contribution in [3.8, 4) is 0 Å². The first-order valence-electron chi connectivity index (χ1n) is 6.24. The van der Waals surface area contributed by atoms with Crippen molar-refractivity contribution in [2.75, 3.05) is 18.9 Å². The Morgan fingerprint density at radius 3 is 2.20 bits per heavy atom. The minimum Gasteiger partial charge on any atom is -0.367 e. The minimum atomic E-state index is -4.49. The van der Waals surface area contributed by atoms with Gasteiger partial charge in [0.05, 0.1) is 6.61 Å². The molecule has 118 valence electrons. The maximum atomic E-state index is 11.4. The van der Waals surface area contributed by atoms with Crippen molar-refractivity contribution in [3.05, 3.63) is 23.3 Å². The summed E-state index contributed by atoms with van der Waals surface area (Å²) in [5, 5.41) is 0. The molecular weight excluding hydrogens is 302 g/mol. The largest absolute Gasteiger partial charge is 0.367 e. The SMILES string of the molecule is CC(C)=CCC/C(C)=C/COCP(=O)(O)CP(=O)(O)O. The standard InChI is InChI=1S/C12H24O6P2/c1-11(2)5-4-6-12(3)7-8-18-9-19(13,14)10-20(15,16)17/h5,7H,4,6,8-10H2,1-3H3,(H,13,14)(H2,15,16,17)/b12-7+. The normalized spacial score (nSPS) is 15.8. The fourth-order valence-corrected chi connectivity index (χ4v) is 4.44. The van der Waals surface area contributed by atoms with Crippen LogP contribution in [0.1, 0.15) is 33.6 Å². The first kappa shape index (κ1) is 19.8. The van der Waals surface area contributed by atoms with Crippen molar-refractivity contribution in [2.24, 2.45) is 0 Å². The quantitative estimate of drug-likeness (QED) is 0.342. The molecule has 1 atom stereocenters. The van der Waals surface area contributed by atoms with Crippen LogP contribution in [0.4, 0.5) is 0 Å². The molecule has 0 spiro atoms. The van der Waals surface area contributed by atoms with Crippen LogP contribution in [0.25, 0.3) is 0 Å². The predicted octanol–water partition coefficient (Wildman–Crippen LogP) is 3.06. The van der Waals surface area contributed by atoms with Gasteiger partial charge >= 0.3 is 7.60 Å². The van der Waals surface area contributed by atoms with Crippen molar-refractivity contribution < 1.29 is 28.5 Å². The van der Waals surface area contributed by atoms with Crippen LogP contribution in [0.2, 0.25) is 0 Å². The molecule has 20 heavy (non-hydrogen) atoms. The summed E-state index contributed by atoms with van der Waals surface area (Å²) >= 11 is 0. The molecule has 0 saturated carbocycles. The first-order chi connectivity index (χ1) is 9.02. The fraction of sp³-hybridized carbons (Fsp3) is 0.667. The summed E-state index contributed by atoms with van der Waals surface area (Å²) in [6.45, 7) is 6.16. The van der Waals surface area contributed by atoms with Crippen LogP contribution < -0.4 is 0 Å². The van der Waals surface area contributed by atoms with Gasteiger partial charge in [-0.15, -0.1) is 0 Å². The van der Waals surface area contributed by atoms with Crippen LogP contribution in [0, 0.1) is 0 Å². The Kier molecular flexibility index (Phi) is 8.83. The van der Waals surface area contributed by atoms with E-state index in [0.717, 1.165) is 18.4 Å². The lowest BCUT2D eigenvalue weighted by Crippen LogP contribution is -2.00. The van der Waals surface area contributed by atoms with Gasteiger partial charge in [-0.1, -0.05) is 23.3 Å². The monoisotopic (exact) mass is 326 g/mol. The summed E-state index contributed by atoms with van der Waals surface area (Å²) < 4.78 is 27.1. The molecule has 0 aromatic heterocycles. The molecule has 0 amide bonds. The van der Waals surface area contributed by atoms with Gasteiger partial charge in [0.15, 0.2) is 0 Å². The van der Waals surface area contributed by atoms with Crippen LogP contribution in [0.3, 0.4) is 0 Å². The zero-order valence-corrected chi connectivity index (χ0v) is 13.9. The molecule has 0 aliphatic rings. The lowest BCUT2D eigenvalue weighted by molar-refractivity contribution is 0.199. The number of allylic oxidation sites excluding steroid dienone is 3. The Bertz CT molecular complexity index is 445. The smallest absolute Gasteiger partial charge is 0.335 e. The Labute approximate surface area is 120 Å². The first-order valence-corrected chi connectivity index (χ1v) is 10.1. The maximum absolute atomic E-state index is 11.4. The van der Waals surface area contributed by atoms with Gasteiger partial charge < -0.3 is 19.4 Å². The Morgan fingerprint density at radius 1 is 1.10 bits per heavy atom. The van der Waals surface area contributed by atoms with Crippen molar-refractivity contribution in [3.63, 3.8) is 0 Å². The highest BCUT2D eigenvalue weighted by Crippen LogP contribution is 2.54. The Balaban J connectivity index is 4.03. The van der Waals surface area contributed by atoms with Crippen molar-refractivity contribution >= 4 is 15.0 Å². The minimum absolute atomic E-state index is 0.159. The molecule has 6 nitrogen and oxygen atoms in total. The average Bonchev–Trinajstić information content (AvgIpc) is 2.20. The number of hydrogen-bond acceptors (Lipinski definition) is 3. The molecule has 0 heterocycles. The van der Waals surface area contributed by atoms with Crippen molar-refractivity contribution in [1.29, 1.82) is 0 Å². The van der Waals surface area contributed by atoms with Gasteiger partial charge in [-0.25, -0.2) is 0 Å². The highest BCUT2D eigenvalue weighted by atomic mass is 31.2. The molecule has 0 aliphatic carbocycles. The molecule has 0 radical (unpaired) electrons. The molecule has 0 fully saturated rings. The molecule has 8 heteroatoms. The average molecular weight is 326 g/mol. The van der Waals surface area contributed by atoms with Crippen LogP contribution in [0.15, 0.2) is 23.3 Å². The van der Waals surface area contributed by atoms with Gasteiger partial charge in [0.25, 0.3) is 0 Å². The summed E-state index contributed by atoms with van der Waals surface area (Å²) in [5.41, 5.74) is 2.36. The van der Waals surface area contributed by atoms with E-state index in [0.29, 0.717) is 0 Å². The van der Waals surface area contributed by atoms with E-state index in [4.69, 9.17) is 14.5 Å². The second kappa shape index (κ2) is 8.93. The lowest BCUT2D eigenvalue weighted by Gasteiger charge is -2.12. The third-order valence-electron chi connectivity index (χ3n) is 2.34. The van der Waals surface area contributed by atoms with E-state index in [9.17, 15) is 14.0 Å². The van der Waals surface area contributed by atoms with Gasteiger partial charge in [0, 0.05) is 0 Å². The zero-order valence-electron chi connectivity index (χ0n) is 12.2. The maximum Gasteiger partial charge on any atom is 0.335 e. The molecule has 1 unspecified atom stereocenters. The van der Waals surface area contributed by atoms with E-state index in [1.165, 1.54) is 5.57 Å². The van der Waals surface area contributed by atoms with E-state index in [-0.39, 0.29) is 6.61 Å². The van der Waals surface area contributed by atoms with E-state index < -0.39 is 27.2 Å². The highest BCUT2D eigenvalue weighted by molar-refractivity contribution is 7.72. The molecule has 0 rings (SSSR count). The third kappa shape index (κ3) is 12.8. The third-order valence-corrected chi connectivity index (χ3v) is 6.17. The van der Waals surface area contributed by atoms with Gasteiger partial charge in [-0.3, -0.25) is 9.13 Å². The topological polar surface area (TPSA) is 104 Å². The van der Waals surface area contributed by atoms with Crippen LogP contribution >= 0.6 is 15.0 Å². The summed E-state index contributed by atoms with van der Waals surface area (Å²) in [6, 6.07) is 0. The molecular formula is C12H24O6P2. The van der Waals surface area contributed by atoms with Crippen LogP contribution in [-0.2, 0) is 13.9 Å². The lowest BCUT2D eigenvalue weighted by atomic mass is 10.1. The van der Waals surface area contributed by atoms with Gasteiger partial charge in [-0.05, 0) is 33.6 Å². The summed E-state index contributed by atoms with van der Waals surface area (Å²) in [6.07, 6.45) is 5.20. The van der Waals surface area contributed by atoms with Gasteiger partial charge in [0.2, 0.25) is 7.37 Å². The second-order valence-electron chi connectivity index (χ2n) is 5.02. The molecule has 0 aromatic carbocycles. The molecule has 0 saturated heterocycles. The van der Waals surface area contributed by atoms with E-state index in [1.807, 2.05) is 20.8 Å². The van der Waals surface area contributed by atoms with Gasteiger partial charge in [-0.2, -0.15) is 0 Å².